The SMILES string of the molecule is CC(C)(C)c1cc(N2c3ccc(C(C)(C)C)cc3B3c4sc5cc6c(cc5c4N(c4ccc5c(c4)C(C)(C)CCC5(C)C)c4cc(N(c5ccccc5)c5ccccc5)cc2c43)C(C)(C)CCC6(C)C)cc(C(C)(C)C)c1. The van der Waals surface area contributed by atoms with Crippen molar-refractivity contribution in [3.05, 3.63) is 178 Å². The number of hydrogen-bond donors (Lipinski definition) is 0. The van der Waals surface area contributed by atoms with Crippen LogP contribution in [0.5, 0.6) is 0 Å². The fourth-order valence-corrected chi connectivity index (χ4v) is 14.9. The molecule has 0 N–H and O–H groups in total. The van der Waals surface area contributed by atoms with Crippen LogP contribution in [0.4, 0.5) is 51.2 Å². The minimum atomic E-state index is -0.0776. The van der Waals surface area contributed by atoms with Gasteiger partial charge in [-0.1, -0.05) is 178 Å². The molecule has 394 valence electrons. The van der Waals surface area contributed by atoms with Crippen LogP contribution < -0.4 is 30.4 Å². The molecule has 5 heteroatoms. The Bertz CT molecular complexity index is 3590. The zero-order valence-corrected chi connectivity index (χ0v) is 50.3. The third kappa shape index (κ3) is 8.42. The molecule has 8 aromatic rings. The highest BCUT2D eigenvalue weighted by atomic mass is 32.1. The van der Waals surface area contributed by atoms with E-state index in [9.17, 15) is 0 Å². The Labute approximate surface area is 466 Å². The van der Waals surface area contributed by atoms with Crippen molar-refractivity contribution < 1.29 is 0 Å². The smallest absolute Gasteiger partial charge is 0.264 e. The van der Waals surface area contributed by atoms with Crippen molar-refractivity contribution in [2.24, 2.45) is 0 Å². The monoisotopic (exact) mass is 1030 g/mol. The fourth-order valence-electron chi connectivity index (χ4n) is 13.6. The van der Waals surface area contributed by atoms with Crippen molar-refractivity contribution in [3.8, 4) is 0 Å². The molecule has 3 nitrogen and oxygen atoms in total. The summed E-state index contributed by atoms with van der Waals surface area (Å²) in [6, 6.07) is 55.1. The zero-order valence-electron chi connectivity index (χ0n) is 49.4. The van der Waals surface area contributed by atoms with Gasteiger partial charge < -0.3 is 14.7 Å². The molecule has 0 bridgehead atoms. The van der Waals surface area contributed by atoms with Crippen LogP contribution in [0.1, 0.15) is 182 Å². The Morgan fingerprint density at radius 2 is 0.922 bits per heavy atom. The summed E-state index contributed by atoms with van der Waals surface area (Å²) in [5, 5.41) is 1.37. The number of para-hydroxylation sites is 2. The standard InChI is InChI=1S/C72H82BN3S/c1-66(2,3)45-28-31-59-58(39-45)73-63-60(75(59)51-37-46(67(4,5)6)36-47(38-51)68(7,8)9)41-52(74(48-24-20-18-21-25-48)49-26-22-19-23-27-49)42-61(63)76(50-29-30-54-55(40-50)70(12,13)33-32-69(54,10)11)64-53-43-56-57(44-62(53)77-65(64)73)72(16,17)35-34-71(56,14)15/h18-31,36-44H,32-35H2,1-17H3. The van der Waals surface area contributed by atoms with Crippen LogP contribution in [0, 0.1) is 0 Å². The molecule has 0 spiro atoms. The van der Waals surface area contributed by atoms with Crippen LogP contribution in [-0.4, -0.2) is 6.71 Å². The summed E-state index contributed by atoms with van der Waals surface area (Å²) in [7, 11) is 0. The van der Waals surface area contributed by atoms with Gasteiger partial charge in [0.05, 0.1) is 11.4 Å². The summed E-state index contributed by atoms with van der Waals surface area (Å²) in [4.78, 5) is 7.93. The third-order valence-electron chi connectivity index (χ3n) is 18.8. The number of nitrogens with zero attached hydrogens (tertiary/aromatic N) is 3. The molecule has 0 radical (unpaired) electrons. The van der Waals surface area contributed by atoms with Gasteiger partial charge in [-0.15, -0.1) is 11.3 Å². The Balaban J connectivity index is 1.28. The van der Waals surface area contributed by atoms with Gasteiger partial charge in [0, 0.05) is 54.7 Å². The predicted molar refractivity (Wildman–Crippen MR) is 337 cm³/mol. The first-order valence-electron chi connectivity index (χ1n) is 28.8. The summed E-state index contributed by atoms with van der Waals surface area (Å²) < 4.78 is 2.82. The summed E-state index contributed by atoms with van der Waals surface area (Å²) in [6.45, 7) is 41.2. The summed E-state index contributed by atoms with van der Waals surface area (Å²) in [6.07, 6.45) is 4.69. The first-order chi connectivity index (χ1) is 36.0. The molecule has 12 rings (SSSR count). The maximum atomic E-state index is 2.76. The topological polar surface area (TPSA) is 9.72 Å². The fraction of sp³-hybridized carbons (Fsp3) is 0.389. The van der Waals surface area contributed by atoms with E-state index in [-0.39, 0.29) is 44.6 Å². The van der Waals surface area contributed by atoms with E-state index in [1.165, 1.54) is 118 Å². The molecule has 3 heterocycles. The van der Waals surface area contributed by atoms with Crippen LogP contribution in [0.25, 0.3) is 10.1 Å². The second kappa shape index (κ2) is 17.2. The van der Waals surface area contributed by atoms with Crippen molar-refractivity contribution in [1.82, 2.24) is 0 Å². The average molecular weight is 1030 g/mol. The molecule has 0 saturated carbocycles. The molecule has 2 aliphatic carbocycles. The molecule has 77 heavy (non-hydrogen) atoms. The van der Waals surface area contributed by atoms with Gasteiger partial charge in [-0.25, -0.2) is 0 Å². The normalized spacial score (nSPS) is 17.8. The minimum absolute atomic E-state index is 0.0212. The van der Waals surface area contributed by atoms with E-state index in [1.54, 1.807) is 0 Å². The number of rotatable bonds is 5. The Hall–Kier alpha value is -6.04. The minimum Gasteiger partial charge on any atom is -0.311 e. The summed E-state index contributed by atoms with van der Waals surface area (Å²) in [5.74, 6) is 0. The van der Waals surface area contributed by atoms with Crippen molar-refractivity contribution in [1.29, 1.82) is 0 Å². The van der Waals surface area contributed by atoms with Crippen molar-refractivity contribution >= 4 is 95.0 Å². The molecule has 1 aromatic heterocycles. The maximum absolute atomic E-state index is 2.76. The van der Waals surface area contributed by atoms with E-state index < -0.39 is 0 Å². The van der Waals surface area contributed by atoms with E-state index >= 15 is 0 Å². The molecule has 4 aliphatic rings. The first-order valence-corrected chi connectivity index (χ1v) is 29.6. The average Bonchev–Trinajstić information content (AvgIpc) is 4.04. The number of hydrogen-bond acceptors (Lipinski definition) is 4. The van der Waals surface area contributed by atoms with Gasteiger partial charge >= 0.3 is 0 Å². The molecule has 0 unspecified atom stereocenters. The Morgan fingerprint density at radius 3 is 1.45 bits per heavy atom. The Kier molecular flexibility index (Phi) is 11.6. The van der Waals surface area contributed by atoms with E-state index in [0.29, 0.717) is 0 Å². The highest BCUT2D eigenvalue weighted by molar-refractivity contribution is 7.33. The van der Waals surface area contributed by atoms with E-state index in [2.05, 4.69) is 283 Å². The van der Waals surface area contributed by atoms with Gasteiger partial charge in [0.15, 0.2) is 0 Å². The van der Waals surface area contributed by atoms with Crippen molar-refractivity contribution in [2.75, 3.05) is 14.7 Å². The van der Waals surface area contributed by atoms with Crippen LogP contribution in [0.15, 0.2) is 140 Å². The lowest BCUT2D eigenvalue weighted by Crippen LogP contribution is -2.60. The largest absolute Gasteiger partial charge is 0.311 e. The summed E-state index contributed by atoms with van der Waals surface area (Å²) >= 11 is 2.06. The second-order valence-corrected chi connectivity index (χ2v) is 30.4. The highest BCUT2D eigenvalue weighted by Gasteiger charge is 2.48. The molecule has 0 atom stereocenters. The molecular formula is C72H82BN3S. The van der Waals surface area contributed by atoms with Gasteiger partial charge in [0.2, 0.25) is 0 Å². The lowest BCUT2D eigenvalue weighted by atomic mass is 9.36. The van der Waals surface area contributed by atoms with Crippen LogP contribution in [0.3, 0.4) is 0 Å². The molecule has 0 saturated heterocycles. The molecule has 0 amide bonds. The second-order valence-electron chi connectivity index (χ2n) is 29.3. The third-order valence-corrected chi connectivity index (χ3v) is 20.0. The van der Waals surface area contributed by atoms with Crippen molar-refractivity contribution in [3.63, 3.8) is 0 Å². The number of thiophene rings is 1. The van der Waals surface area contributed by atoms with E-state index in [1.807, 2.05) is 0 Å². The van der Waals surface area contributed by atoms with Gasteiger partial charge in [0.1, 0.15) is 0 Å². The predicted octanol–water partition coefficient (Wildman–Crippen LogP) is 19.0. The lowest BCUT2D eigenvalue weighted by molar-refractivity contribution is 0.332. The van der Waals surface area contributed by atoms with E-state index in [0.717, 1.165) is 23.5 Å². The van der Waals surface area contributed by atoms with Gasteiger partial charge in [-0.3, -0.25) is 0 Å². The summed E-state index contributed by atoms with van der Waals surface area (Å²) in [5.41, 5.74) is 23.7. The molecule has 2 aliphatic heterocycles. The van der Waals surface area contributed by atoms with E-state index in [4.69, 9.17) is 0 Å². The van der Waals surface area contributed by atoms with Crippen LogP contribution in [-0.2, 0) is 37.9 Å². The van der Waals surface area contributed by atoms with Gasteiger partial charge in [-0.05, 0) is 192 Å². The first kappa shape index (κ1) is 51.7. The lowest BCUT2D eigenvalue weighted by Gasteiger charge is -2.46. The Morgan fingerprint density at radius 1 is 0.429 bits per heavy atom. The van der Waals surface area contributed by atoms with Gasteiger partial charge in [0.25, 0.3) is 6.71 Å². The highest BCUT2D eigenvalue weighted by Crippen LogP contribution is 2.56. The van der Waals surface area contributed by atoms with Gasteiger partial charge in [-0.2, -0.15) is 0 Å². The van der Waals surface area contributed by atoms with Crippen molar-refractivity contribution in [2.45, 2.75) is 181 Å². The number of benzene rings is 7. The quantitative estimate of drug-likeness (QED) is 0.159. The molecule has 0 fully saturated rings. The molecular weight excluding hydrogens is 950 g/mol. The molecule has 7 aromatic carbocycles. The maximum Gasteiger partial charge on any atom is 0.264 e. The number of fused-ring (bicyclic) bond motifs is 8. The van der Waals surface area contributed by atoms with Crippen LogP contribution in [0.2, 0.25) is 0 Å². The zero-order chi connectivity index (χ0) is 54.7. The number of anilines is 9. The van der Waals surface area contributed by atoms with Crippen LogP contribution >= 0.6 is 11.3 Å².